The van der Waals surface area contributed by atoms with Crippen molar-refractivity contribution in [2.24, 2.45) is 0 Å². The second kappa shape index (κ2) is 164. The molecule has 0 amide bonds. The van der Waals surface area contributed by atoms with Gasteiger partial charge in [-0.2, -0.15) is 0 Å². The molecule has 0 aromatic heterocycles. The Bertz CT molecular complexity index is 11.0. The summed E-state index contributed by atoms with van der Waals surface area (Å²) in [5, 5.41) is 0. The summed E-state index contributed by atoms with van der Waals surface area (Å²) in [6.07, 6.45) is 0. The number of hydrogen-bond donors (Lipinski definition) is 0. The molecule has 0 radical (unpaired) electrons. The van der Waals surface area contributed by atoms with Crippen LogP contribution in [0.5, 0.6) is 0 Å². The Morgan fingerprint density at radius 2 is 0.333 bits per heavy atom. The van der Waals surface area contributed by atoms with Crippen LogP contribution in [0.4, 0.5) is 0 Å². The smallest absolute Gasteiger partial charge is 0 e. The Kier molecular flexibility index (Phi) is 4020. The van der Waals surface area contributed by atoms with Crippen LogP contribution in [0.3, 0.4) is 0 Å². The van der Waals surface area contributed by atoms with Crippen molar-refractivity contribution in [3.05, 3.63) is 0 Å². The van der Waals surface area contributed by atoms with Crippen molar-refractivity contribution in [1.29, 1.82) is 0 Å². The molecule has 9 heteroatoms. The van der Waals surface area contributed by atoms with E-state index in [1.165, 1.54) is 0 Å². The van der Waals surface area contributed by atoms with Crippen LogP contribution in [0, 0.1) is 0 Å². The van der Waals surface area contributed by atoms with Crippen LogP contribution >= 0.6 is 74.4 Å². The van der Waals surface area contributed by atoms with Gasteiger partial charge in [-0.15, -0.1) is 74.4 Å². The largest absolute Gasteiger partial charge is 0.412 e. The van der Waals surface area contributed by atoms with E-state index >= 15 is 0 Å². The first kappa shape index (κ1) is 220. The molecule has 0 heterocycles. The maximum Gasteiger partial charge on any atom is 0 e. The molecule has 0 aliphatic rings. The third-order valence-corrected chi connectivity index (χ3v) is 0. The normalized spacial score (nSPS) is 0. The van der Waals surface area contributed by atoms with Gasteiger partial charge in [0.15, 0.2) is 0 Å². The predicted molar refractivity (Wildman–Crippen MR) is 50.7 cm³/mol. The van der Waals surface area contributed by atoms with E-state index in [2.05, 4.69) is 0 Å². The Hall–Kier alpha value is 2.35. The molecule has 4 N–H and O–H groups in total. The summed E-state index contributed by atoms with van der Waals surface area (Å²) in [6, 6.07) is 0. The topological polar surface area (TPSA) is 63.0 Å². The van der Waals surface area contributed by atoms with Crippen LogP contribution in [-0.4, -0.2) is 11.0 Å². The second-order valence-electron chi connectivity index (χ2n) is 0. The van der Waals surface area contributed by atoms with E-state index in [0.717, 1.165) is 0 Å². The van der Waals surface area contributed by atoms with Crippen molar-refractivity contribution in [3.63, 3.8) is 0 Å². The molecule has 0 atom stereocenters. The zero-order valence-corrected chi connectivity index (χ0v) is 10.9. The Balaban J connectivity index is 0. The minimum atomic E-state index is 0. The van der Waals surface area contributed by atoms with Crippen molar-refractivity contribution < 1.29 is 32.0 Å². The summed E-state index contributed by atoms with van der Waals surface area (Å²) in [5.41, 5.74) is 0. The minimum absolute atomic E-state index is 0. The van der Waals surface area contributed by atoms with Crippen molar-refractivity contribution >= 4 is 74.4 Å². The molecule has 0 aromatic carbocycles. The van der Waals surface area contributed by atoms with E-state index in [1.807, 2.05) is 0 Å². The fourth-order valence-corrected chi connectivity index (χ4v) is 0. The molecule has 0 rings (SSSR count). The molecule has 0 bridgehead atoms. The van der Waals surface area contributed by atoms with Gasteiger partial charge in [-0.3, -0.25) is 0 Å². The summed E-state index contributed by atoms with van der Waals surface area (Å²) in [7, 11) is 0. The zero-order chi connectivity index (χ0) is 0. The Labute approximate surface area is 106 Å². The van der Waals surface area contributed by atoms with Crippen molar-refractivity contribution in [2.45, 2.75) is 0 Å². The molecular weight excluding hydrogens is 440 g/mol. The molecule has 0 aromatic rings. The van der Waals surface area contributed by atoms with E-state index in [1.54, 1.807) is 0 Å². The average Bonchev–Trinajstić information content (AvgIpc) is 0. The minimum Gasteiger partial charge on any atom is -0.412 e. The first-order valence-electron chi connectivity index (χ1n) is 0. The molecule has 0 unspecified atom stereocenters. The summed E-state index contributed by atoms with van der Waals surface area (Å²) < 4.78 is 0. The third-order valence-electron chi connectivity index (χ3n) is 0. The number of rotatable bonds is 0. The summed E-state index contributed by atoms with van der Waals surface area (Å²) in [6.45, 7) is 0. The SMILES string of the molecule is Cl.Cl.Cl.Cl.Cl.Cl.O.O.[Pt]. The van der Waals surface area contributed by atoms with Crippen LogP contribution in [0.1, 0.15) is 0 Å². The summed E-state index contributed by atoms with van der Waals surface area (Å²) >= 11 is 0. The summed E-state index contributed by atoms with van der Waals surface area (Å²) in [4.78, 5) is 0. The van der Waals surface area contributed by atoms with Gasteiger partial charge < -0.3 is 11.0 Å². The van der Waals surface area contributed by atoms with Gasteiger partial charge >= 0.3 is 0 Å². The first-order valence-corrected chi connectivity index (χ1v) is 0. The second-order valence-corrected chi connectivity index (χ2v) is 0. The van der Waals surface area contributed by atoms with Crippen LogP contribution < -0.4 is 0 Å². The van der Waals surface area contributed by atoms with E-state index in [-0.39, 0.29) is 106 Å². The van der Waals surface area contributed by atoms with Crippen LogP contribution in [-0.2, 0) is 21.1 Å². The fraction of sp³-hybridized carbons (Fsp3) is 0. The third kappa shape index (κ3) is 131. The Morgan fingerprint density at radius 3 is 0.333 bits per heavy atom. The van der Waals surface area contributed by atoms with Crippen molar-refractivity contribution in [1.82, 2.24) is 0 Å². The van der Waals surface area contributed by atoms with Gasteiger partial charge in [0.2, 0.25) is 0 Å². The van der Waals surface area contributed by atoms with Gasteiger partial charge in [0.05, 0.1) is 0 Å². The van der Waals surface area contributed by atoms with E-state index in [4.69, 9.17) is 0 Å². The first-order chi connectivity index (χ1) is 0. The van der Waals surface area contributed by atoms with E-state index < -0.39 is 0 Å². The van der Waals surface area contributed by atoms with Gasteiger partial charge in [0, 0.05) is 21.1 Å². The Morgan fingerprint density at radius 1 is 0.333 bits per heavy atom. The molecule has 0 saturated heterocycles. The number of halogens is 6. The van der Waals surface area contributed by atoms with Crippen LogP contribution in [0.15, 0.2) is 0 Å². The summed E-state index contributed by atoms with van der Waals surface area (Å²) in [5.74, 6) is 0. The molecule has 0 spiro atoms. The number of hydrogen-bond acceptors (Lipinski definition) is 0. The van der Waals surface area contributed by atoms with Crippen molar-refractivity contribution in [2.75, 3.05) is 0 Å². The average molecular weight is 450 g/mol. The van der Waals surface area contributed by atoms with Crippen LogP contribution in [0.2, 0.25) is 0 Å². The van der Waals surface area contributed by atoms with Gasteiger partial charge in [-0.1, -0.05) is 0 Å². The van der Waals surface area contributed by atoms with Gasteiger partial charge in [-0.25, -0.2) is 0 Å². The maximum atomic E-state index is 0. The molecule has 74 valence electrons. The van der Waals surface area contributed by atoms with Crippen LogP contribution in [0.25, 0.3) is 0 Å². The molecule has 0 saturated carbocycles. The standard InChI is InChI=1S/6ClH.2H2O.Pt/h6*1H;2*1H2;. The molecule has 9 heavy (non-hydrogen) atoms. The van der Waals surface area contributed by atoms with Crippen molar-refractivity contribution in [3.8, 4) is 0 Å². The van der Waals surface area contributed by atoms with Gasteiger partial charge in [0.25, 0.3) is 0 Å². The van der Waals surface area contributed by atoms with E-state index in [0.29, 0.717) is 0 Å². The molecule has 0 aliphatic heterocycles. The predicted octanol–water partition coefficient (Wildman–Crippen LogP) is 0.879. The van der Waals surface area contributed by atoms with E-state index in [9.17, 15) is 0 Å². The van der Waals surface area contributed by atoms with Gasteiger partial charge in [0.1, 0.15) is 0 Å². The molecule has 2 nitrogen and oxygen atoms in total. The monoisotopic (exact) mass is 447 g/mol. The quantitative estimate of drug-likeness (QED) is 0.527. The zero-order valence-electron chi connectivity index (χ0n) is 3.77. The fourth-order valence-electron chi connectivity index (χ4n) is 0. The molecule has 0 aliphatic carbocycles. The molecular formula is H10Cl6O2Pt. The molecule has 0 fully saturated rings. The maximum absolute atomic E-state index is 0. The van der Waals surface area contributed by atoms with Gasteiger partial charge in [-0.05, 0) is 0 Å².